The lowest BCUT2D eigenvalue weighted by atomic mass is 10.0. The van der Waals surface area contributed by atoms with E-state index < -0.39 is 0 Å². The minimum atomic E-state index is 0.213. The number of nitrogens with one attached hydrogen (secondary N) is 1. The van der Waals surface area contributed by atoms with Crippen LogP contribution in [0, 0.1) is 6.92 Å². The fourth-order valence-electron chi connectivity index (χ4n) is 2.55. The first kappa shape index (κ1) is 16.4. The molecule has 2 aromatic carbocycles. The molecule has 0 aliphatic rings. The summed E-state index contributed by atoms with van der Waals surface area (Å²) in [5.74, 6) is 0. The van der Waals surface area contributed by atoms with Crippen molar-refractivity contribution in [2.45, 2.75) is 39.3 Å². The minimum Gasteiger partial charge on any atom is -0.303 e. The van der Waals surface area contributed by atoms with Gasteiger partial charge in [-0.1, -0.05) is 66.0 Å². The van der Waals surface area contributed by atoms with E-state index in [0.29, 0.717) is 5.02 Å². The summed E-state index contributed by atoms with van der Waals surface area (Å²) in [6.45, 7) is 6.45. The molecule has 0 aliphatic heterocycles. The first-order valence-corrected chi connectivity index (χ1v) is 8.04. The largest absolute Gasteiger partial charge is 0.303 e. The van der Waals surface area contributed by atoms with Crippen LogP contribution in [-0.4, -0.2) is 0 Å². The zero-order chi connectivity index (χ0) is 15.4. The van der Waals surface area contributed by atoms with E-state index in [4.69, 9.17) is 23.2 Å². The van der Waals surface area contributed by atoms with Gasteiger partial charge in [-0.2, -0.15) is 0 Å². The van der Waals surface area contributed by atoms with Crippen molar-refractivity contribution in [2.75, 3.05) is 0 Å². The molecule has 0 aliphatic carbocycles. The molecule has 0 fully saturated rings. The Morgan fingerprint density at radius 3 is 2.48 bits per heavy atom. The first-order valence-electron chi connectivity index (χ1n) is 7.28. The summed E-state index contributed by atoms with van der Waals surface area (Å²) in [5, 5.41) is 5.05. The van der Waals surface area contributed by atoms with Crippen molar-refractivity contribution >= 4 is 23.2 Å². The molecule has 21 heavy (non-hydrogen) atoms. The molecule has 1 N–H and O–H groups in total. The molecule has 2 aromatic rings. The Bertz CT molecular complexity index is 610. The molecule has 0 radical (unpaired) electrons. The Morgan fingerprint density at radius 1 is 1.10 bits per heavy atom. The molecule has 0 saturated heterocycles. The van der Waals surface area contributed by atoms with Crippen LogP contribution in [0.1, 0.15) is 49.0 Å². The second-order valence-electron chi connectivity index (χ2n) is 5.43. The average Bonchev–Trinajstić information content (AvgIpc) is 2.45. The van der Waals surface area contributed by atoms with Gasteiger partial charge in [0.15, 0.2) is 0 Å². The van der Waals surface area contributed by atoms with Gasteiger partial charge < -0.3 is 5.32 Å². The Labute approximate surface area is 137 Å². The molecular formula is C18H21Cl2N. The van der Waals surface area contributed by atoms with E-state index in [-0.39, 0.29) is 12.1 Å². The molecule has 1 nitrogen and oxygen atoms in total. The zero-order valence-corrected chi connectivity index (χ0v) is 14.2. The van der Waals surface area contributed by atoms with Crippen LogP contribution >= 0.6 is 23.2 Å². The summed E-state index contributed by atoms with van der Waals surface area (Å²) in [7, 11) is 0. The Morgan fingerprint density at radius 2 is 1.86 bits per heavy atom. The van der Waals surface area contributed by atoms with Gasteiger partial charge in [0.25, 0.3) is 0 Å². The summed E-state index contributed by atoms with van der Waals surface area (Å²) in [6.07, 6.45) is 0.970. The van der Waals surface area contributed by atoms with Crippen LogP contribution < -0.4 is 5.32 Å². The van der Waals surface area contributed by atoms with Gasteiger partial charge in [-0.25, -0.2) is 0 Å². The normalized spacial score (nSPS) is 14.0. The fraction of sp³-hybridized carbons (Fsp3) is 0.333. The fourth-order valence-corrected chi connectivity index (χ4v) is 3.09. The SMILES string of the molecule is CCC(N[C@H](C)c1cccc(C)c1)c1ccc(Cl)cc1Cl. The van der Waals surface area contributed by atoms with Crippen LogP contribution in [0.25, 0.3) is 0 Å². The van der Waals surface area contributed by atoms with Crippen molar-refractivity contribution in [1.29, 1.82) is 0 Å². The molecule has 0 amide bonds. The lowest BCUT2D eigenvalue weighted by Gasteiger charge is -2.24. The highest BCUT2D eigenvalue weighted by Crippen LogP contribution is 2.30. The van der Waals surface area contributed by atoms with Crippen LogP contribution in [-0.2, 0) is 0 Å². The van der Waals surface area contributed by atoms with Gasteiger partial charge in [0, 0.05) is 22.1 Å². The maximum Gasteiger partial charge on any atom is 0.0468 e. The van der Waals surface area contributed by atoms with Gasteiger partial charge in [-0.3, -0.25) is 0 Å². The highest BCUT2D eigenvalue weighted by atomic mass is 35.5. The van der Waals surface area contributed by atoms with Crippen LogP contribution in [0.2, 0.25) is 10.0 Å². The highest BCUT2D eigenvalue weighted by molar-refractivity contribution is 6.35. The third-order valence-corrected chi connectivity index (χ3v) is 4.30. The maximum atomic E-state index is 6.33. The Balaban J connectivity index is 2.18. The van der Waals surface area contributed by atoms with Crippen molar-refractivity contribution in [2.24, 2.45) is 0 Å². The van der Waals surface area contributed by atoms with Crippen molar-refractivity contribution < 1.29 is 0 Å². The molecule has 0 heterocycles. The zero-order valence-electron chi connectivity index (χ0n) is 12.7. The van der Waals surface area contributed by atoms with Gasteiger partial charge in [-0.15, -0.1) is 0 Å². The molecule has 0 bridgehead atoms. The number of benzene rings is 2. The lowest BCUT2D eigenvalue weighted by molar-refractivity contribution is 0.456. The molecule has 0 saturated carbocycles. The predicted octanol–water partition coefficient (Wildman–Crippen LogP) is 6.10. The molecule has 0 spiro atoms. The minimum absolute atomic E-state index is 0.213. The van der Waals surface area contributed by atoms with Crippen molar-refractivity contribution in [1.82, 2.24) is 5.32 Å². The number of rotatable bonds is 5. The van der Waals surface area contributed by atoms with Crippen LogP contribution in [0.4, 0.5) is 0 Å². The molecule has 1 unspecified atom stereocenters. The third-order valence-electron chi connectivity index (χ3n) is 3.74. The molecule has 2 rings (SSSR count). The average molecular weight is 322 g/mol. The molecular weight excluding hydrogens is 301 g/mol. The molecule has 3 heteroatoms. The molecule has 2 atom stereocenters. The lowest BCUT2D eigenvalue weighted by Crippen LogP contribution is -2.24. The number of hydrogen-bond acceptors (Lipinski definition) is 1. The quantitative estimate of drug-likeness (QED) is 0.701. The number of hydrogen-bond donors (Lipinski definition) is 1. The van der Waals surface area contributed by atoms with E-state index >= 15 is 0 Å². The van der Waals surface area contributed by atoms with Gasteiger partial charge >= 0.3 is 0 Å². The highest BCUT2D eigenvalue weighted by Gasteiger charge is 2.16. The molecule has 0 aromatic heterocycles. The van der Waals surface area contributed by atoms with E-state index in [9.17, 15) is 0 Å². The van der Waals surface area contributed by atoms with E-state index in [1.807, 2.05) is 12.1 Å². The van der Waals surface area contributed by atoms with Crippen LogP contribution in [0.3, 0.4) is 0 Å². The third kappa shape index (κ3) is 4.23. The van der Waals surface area contributed by atoms with E-state index in [0.717, 1.165) is 17.0 Å². The van der Waals surface area contributed by atoms with Gasteiger partial charge in [0.05, 0.1) is 0 Å². The second-order valence-corrected chi connectivity index (χ2v) is 6.27. The Kier molecular flexibility index (Phi) is 5.69. The summed E-state index contributed by atoms with van der Waals surface area (Å²) in [6, 6.07) is 14.8. The topological polar surface area (TPSA) is 12.0 Å². The van der Waals surface area contributed by atoms with E-state index in [2.05, 4.69) is 50.4 Å². The standard InChI is InChI=1S/C18H21Cl2N/c1-4-18(16-9-8-15(19)11-17(16)20)21-13(3)14-7-5-6-12(2)10-14/h5-11,13,18,21H,4H2,1-3H3/t13-,18?/m1/s1. The van der Waals surface area contributed by atoms with Crippen LogP contribution in [0.15, 0.2) is 42.5 Å². The Hall–Kier alpha value is -1.02. The second kappa shape index (κ2) is 7.31. The van der Waals surface area contributed by atoms with E-state index in [1.54, 1.807) is 6.07 Å². The maximum absolute atomic E-state index is 6.33. The van der Waals surface area contributed by atoms with Crippen LogP contribution in [0.5, 0.6) is 0 Å². The van der Waals surface area contributed by atoms with Crippen molar-refractivity contribution in [3.05, 3.63) is 69.2 Å². The van der Waals surface area contributed by atoms with E-state index in [1.165, 1.54) is 11.1 Å². The first-order chi connectivity index (χ1) is 10.0. The van der Waals surface area contributed by atoms with Crippen molar-refractivity contribution in [3.63, 3.8) is 0 Å². The van der Waals surface area contributed by atoms with Gasteiger partial charge in [-0.05, 0) is 43.5 Å². The summed E-state index contributed by atoms with van der Waals surface area (Å²) in [5.41, 5.74) is 3.67. The summed E-state index contributed by atoms with van der Waals surface area (Å²) >= 11 is 12.3. The molecule has 112 valence electrons. The number of halogens is 2. The monoisotopic (exact) mass is 321 g/mol. The summed E-state index contributed by atoms with van der Waals surface area (Å²) in [4.78, 5) is 0. The van der Waals surface area contributed by atoms with Gasteiger partial charge in [0.2, 0.25) is 0 Å². The smallest absolute Gasteiger partial charge is 0.0468 e. The number of aryl methyl sites for hydroxylation is 1. The van der Waals surface area contributed by atoms with Gasteiger partial charge in [0.1, 0.15) is 0 Å². The predicted molar refractivity (Wildman–Crippen MR) is 92.2 cm³/mol. The summed E-state index contributed by atoms with van der Waals surface area (Å²) < 4.78 is 0. The van der Waals surface area contributed by atoms with Crippen molar-refractivity contribution in [3.8, 4) is 0 Å².